The molecule has 2 atom stereocenters. The van der Waals surface area contributed by atoms with Crippen molar-refractivity contribution in [2.45, 2.75) is 39.2 Å². The highest BCUT2D eigenvalue weighted by molar-refractivity contribution is 5.86. The molecule has 17 heavy (non-hydrogen) atoms. The predicted molar refractivity (Wildman–Crippen MR) is 64.7 cm³/mol. The number of carboxylic acid groups (broad SMARTS) is 1. The SMILES string of the molecule is CCN(CC(C)C(=O)O)C(=O)C1(C)CCCN1. The van der Waals surface area contributed by atoms with Crippen molar-refractivity contribution in [1.82, 2.24) is 10.2 Å². The zero-order valence-corrected chi connectivity index (χ0v) is 10.8. The molecule has 0 radical (unpaired) electrons. The number of rotatable bonds is 5. The first kappa shape index (κ1) is 14.0. The molecule has 0 saturated carbocycles. The van der Waals surface area contributed by atoms with Crippen LogP contribution < -0.4 is 5.32 Å². The maximum Gasteiger partial charge on any atom is 0.308 e. The van der Waals surface area contributed by atoms with E-state index in [9.17, 15) is 9.59 Å². The van der Waals surface area contributed by atoms with Gasteiger partial charge < -0.3 is 15.3 Å². The maximum atomic E-state index is 12.3. The minimum Gasteiger partial charge on any atom is -0.481 e. The third kappa shape index (κ3) is 3.19. The molecule has 1 rings (SSSR count). The lowest BCUT2D eigenvalue weighted by atomic mass is 9.97. The van der Waals surface area contributed by atoms with Crippen LogP contribution in [0.1, 0.15) is 33.6 Å². The van der Waals surface area contributed by atoms with E-state index < -0.39 is 17.4 Å². The molecule has 0 aromatic heterocycles. The molecule has 2 N–H and O–H groups in total. The van der Waals surface area contributed by atoms with Gasteiger partial charge in [-0.15, -0.1) is 0 Å². The summed E-state index contributed by atoms with van der Waals surface area (Å²) in [6, 6.07) is 0. The van der Waals surface area contributed by atoms with E-state index in [-0.39, 0.29) is 12.5 Å². The van der Waals surface area contributed by atoms with Crippen LogP contribution in [-0.2, 0) is 9.59 Å². The molecule has 1 fully saturated rings. The lowest BCUT2D eigenvalue weighted by molar-refractivity contribution is -0.144. The zero-order valence-electron chi connectivity index (χ0n) is 10.8. The number of likely N-dealkylation sites (N-methyl/N-ethyl adjacent to an activating group) is 1. The minimum absolute atomic E-state index is 0.0191. The van der Waals surface area contributed by atoms with Crippen LogP contribution in [0.25, 0.3) is 0 Å². The van der Waals surface area contributed by atoms with E-state index in [1.165, 1.54) is 0 Å². The molecule has 98 valence electrons. The lowest BCUT2D eigenvalue weighted by Crippen LogP contribution is -2.54. The van der Waals surface area contributed by atoms with Crippen LogP contribution in [0.5, 0.6) is 0 Å². The largest absolute Gasteiger partial charge is 0.481 e. The molecule has 1 amide bonds. The Hall–Kier alpha value is -1.10. The Morgan fingerprint density at radius 3 is 2.59 bits per heavy atom. The van der Waals surface area contributed by atoms with Gasteiger partial charge in [-0.2, -0.15) is 0 Å². The standard InChI is InChI=1S/C12H22N2O3/c1-4-14(8-9(2)10(15)16)11(17)12(3)6-5-7-13-12/h9,13H,4-8H2,1-3H3,(H,15,16). The first-order chi connectivity index (χ1) is 7.90. The molecule has 1 aliphatic rings. The molecule has 1 aliphatic heterocycles. The third-order valence-corrected chi connectivity index (χ3v) is 3.43. The van der Waals surface area contributed by atoms with Gasteiger partial charge in [0.05, 0.1) is 11.5 Å². The Morgan fingerprint density at radius 2 is 2.18 bits per heavy atom. The summed E-state index contributed by atoms with van der Waals surface area (Å²) in [5, 5.41) is 12.1. The second-order valence-electron chi connectivity index (χ2n) is 4.95. The molecule has 0 bridgehead atoms. The van der Waals surface area contributed by atoms with Crippen molar-refractivity contribution in [3.63, 3.8) is 0 Å². The van der Waals surface area contributed by atoms with Gasteiger partial charge in [0, 0.05) is 13.1 Å². The summed E-state index contributed by atoms with van der Waals surface area (Å²) in [4.78, 5) is 24.8. The van der Waals surface area contributed by atoms with E-state index in [0.717, 1.165) is 19.4 Å². The van der Waals surface area contributed by atoms with Gasteiger partial charge in [-0.3, -0.25) is 9.59 Å². The highest BCUT2D eigenvalue weighted by Gasteiger charge is 2.39. The number of amides is 1. The zero-order chi connectivity index (χ0) is 13.1. The molecule has 0 aromatic rings. The molecular formula is C12H22N2O3. The molecule has 0 spiro atoms. The van der Waals surface area contributed by atoms with E-state index >= 15 is 0 Å². The molecule has 5 nitrogen and oxygen atoms in total. The smallest absolute Gasteiger partial charge is 0.308 e. The van der Waals surface area contributed by atoms with Gasteiger partial charge in [0.1, 0.15) is 0 Å². The third-order valence-electron chi connectivity index (χ3n) is 3.43. The maximum absolute atomic E-state index is 12.3. The average molecular weight is 242 g/mol. The Morgan fingerprint density at radius 1 is 1.53 bits per heavy atom. The fourth-order valence-electron chi connectivity index (χ4n) is 2.19. The lowest BCUT2D eigenvalue weighted by Gasteiger charge is -2.32. The van der Waals surface area contributed by atoms with Crippen molar-refractivity contribution < 1.29 is 14.7 Å². The van der Waals surface area contributed by atoms with Crippen LogP contribution in [0, 0.1) is 5.92 Å². The summed E-state index contributed by atoms with van der Waals surface area (Å²) < 4.78 is 0. The van der Waals surface area contributed by atoms with Gasteiger partial charge in [0.25, 0.3) is 0 Å². The van der Waals surface area contributed by atoms with Crippen LogP contribution in [0.3, 0.4) is 0 Å². The first-order valence-electron chi connectivity index (χ1n) is 6.18. The number of carboxylic acids is 1. The number of nitrogens with zero attached hydrogens (tertiary/aromatic N) is 1. The number of carbonyl (C=O) groups excluding carboxylic acids is 1. The fraction of sp³-hybridized carbons (Fsp3) is 0.833. The molecule has 2 unspecified atom stereocenters. The van der Waals surface area contributed by atoms with Crippen molar-refractivity contribution in [3.8, 4) is 0 Å². The number of hydrogen-bond donors (Lipinski definition) is 2. The van der Waals surface area contributed by atoms with Crippen molar-refractivity contribution in [2.24, 2.45) is 5.92 Å². The Bertz CT molecular complexity index is 298. The topological polar surface area (TPSA) is 69.6 Å². The number of hydrogen-bond acceptors (Lipinski definition) is 3. The molecule has 0 aromatic carbocycles. The van der Waals surface area contributed by atoms with Crippen LogP contribution in [0.2, 0.25) is 0 Å². The highest BCUT2D eigenvalue weighted by Crippen LogP contribution is 2.21. The summed E-state index contributed by atoms with van der Waals surface area (Å²) in [6.45, 7) is 7.09. The minimum atomic E-state index is -0.860. The Labute approximate surface area is 102 Å². The first-order valence-corrected chi connectivity index (χ1v) is 6.18. The highest BCUT2D eigenvalue weighted by atomic mass is 16.4. The Kier molecular flexibility index (Phi) is 4.51. The summed E-state index contributed by atoms with van der Waals surface area (Å²) in [6.07, 6.45) is 1.82. The monoisotopic (exact) mass is 242 g/mol. The number of nitrogens with one attached hydrogen (secondary N) is 1. The van der Waals surface area contributed by atoms with Crippen LogP contribution in [0.4, 0.5) is 0 Å². The van der Waals surface area contributed by atoms with E-state index in [1.54, 1.807) is 11.8 Å². The van der Waals surface area contributed by atoms with Crippen LogP contribution in [-0.4, -0.2) is 47.1 Å². The van der Waals surface area contributed by atoms with Gasteiger partial charge in [-0.1, -0.05) is 6.92 Å². The molecule has 1 heterocycles. The van der Waals surface area contributed by atoms with Gasteiger partial charge >= 0.3 is 5.97 Å². The van der Waals surface area contributed by atoms with Crippen molar-refractivity contribution >= 4 is 11.9 Å². The van der Waals surface area contributed by atoms with Crippen molar-refractivity contribution in [3.05, 3.63) is 0 Å². The summed E-state index contributed by atoms with van der Waals surface area (Å²) in [5.41, 5.74) is -0.506. The second-order valence-corrected chi connectivity index (χ2v) is 4.95. The molecule has 5 heteroatoms. The number of aliphatic carboxylic acids is 1. The summed E-state index contributed by atoms with van der Waals surface area (Å²) in [7, 11) is 0. The summed E-state index contributed by atoms with van der Waals surface area (Å²) in [5.74, 6) is -1.37. The molecule has 1 saturated heterocycles. The predicted octanol–water partition coefficient (Wildman–Crippen LogP) is 0.698. The van der Waals surface area contributed by atoms with Gasteiger partial charge in [-0.25, -0.2) is 0 Å². The van der Waals surface area contributed by atoms with Crippen molar-refractivity contribution in [1.29, 1.82) is 0 Å². The Balaban J connectivity index is 2.67. The normalized spacial score (nSPS) is 25.6. The van der Waals surface area contributed by atoms with E-state index in [4.69, 9.17) is 5.11 Å². The molecular weight excluding hydrogens is 220 g/mol. The molecule has 0 aliphatic carbocycles. The van der Waals surface area contributed by atoms with Gasteiger partial charge in [0.2, 0.25) is 5.91 Å². The van der Waals surface area contributed by atoms with E-state index in [2.05, 4.69) is 5.32 Å². The number of carbonyl (C=O) groups is 2. The van der Waals surface area contributed by atoms with Crippen LogP contribution >= 0.6 is 0 Å². The summed E-state index contributed by atoms with van der Waals surface area (Å²) >= 11 is 0. The van der Waals surface area contributed by atoms with E-state index in [1.807, 2.05) is 13.8 Å². The van der Waals surface area contributed by atoms with Crippen LogP contribution in [0.15, 0.2) is 0 Å². The second kappa shape index (κ2) is 5.49. The fourth-order valence-corrected chi connectivity index (χ4v) is 2.19. The van der Waals surface area contributed by atoms with Gasteiger partial charge in [-0.05, 0) is 33.2 Å². The van der Waals surface area contributed by atoms with E-state index in [0.29, 0.717) is 6.54 Å². The quantitative estimate of drug-likeness (QED) is 0.744. The van der Waals surface area contributed by atoms with Gasteiger partial charge in [0.15, 0.2) is 0 Å². The average Bonchev–Trinajstić information content (AvgIpc) is 2.72. The van der Waals surface area contributed by atoms with Crippen molar-refractivity contribution in [2.75, 3.05) is 19.6 Å².